The number of halogens is 1. The Morgan fingerprint density at radius 1 is 1.26 bits per heavy atom. The first-order chi connectivity index (χ1) is 13.0. The van der Waals surface area contributed by atoms with Crippen molar-refractivity contribution in [2.75, 3.05) is 5.32 Å². The summed E-state index contributed by atoms with van der Waals surface area (Å²) in [6.45, 7) is 0.300. The lowest BCUT2D eigenvalue weighted by Crippen LogP contribution is -2.19. The first-order valence-electron chi connectivity index (χ1n) is 7.70. The summed E-state index contributed by atoms with van der Waals surface area (Å²) >= 11 is 6.13. The number of hydrogen-bond acceptors (Lipinski definition) is 5. The maximum atomic E-state index is 12.4. The van der Waals surface area contributed by atoms with Gasteiger partial charge in [0.15, 0.2) is 5.82 Å². The third kappa shape index (κ3) is 3.94. The summed E-state index contributed by atoms with van der Waals surface area (Å²) < 4.78 is 1.46. The number of carboxylic acid groups (broad SMARTS) is 1. The van der Waals surface area contributed by atoms with Crippen molar-refractivity contribution in [2.24, 2.45) is 0 Å². The van der Waals surface area contributed by atoms with Crippen LogP contribution in [0.5, 0.6) is 0 Å². The Morgan fingerprint density at radius 2 is 2.04 bits per heavy atom. The molecule has 0 bridgehead atoms. The van der Waals surface area contributed by atoms with E-state index in [4.69, 9.17) is 11.6 Å². The fourth-order valence-corrected chi connectivity index (χ4v) is 2.60. The normalized spacial score (nSPS) is 10.2. The van der Waals surface area contributed by atoms with Gasteiger partial charge in [-0.15, -0.1) is 0 Å². The van der Waals surface area contributed by atoms with Crippen molar-refractivity contribution < 1.29 is 14.7 Å². The molecule has 2 heterocycles. The highest BCUT2D eigenvalue weighted by Crippen LogP contribution is 2.19. The van der Waals surface area contributed by atoms with E-state index in [0.717, 1.165) is 5.56 Å². The molecule has 0 radical (unpaired) electrons. The van der Waals surface area contributed by atoms with Gasteiger partial charge in [-0.1, -0.05) is 29.8 Å². The van der Waals surface area contributed by atoms with Gasteiger partial charge in [-0.3, -0.25) is 14.5 Å². The zero-order valence-electron chi connectivity index (χ0n) is 13.8. The quantitative estimate of drug-likeness (QED) is 0.700. The number of hydrogen-bond donors (Lipinski definition) is 2. The average molecular weight is 382 g/mol. The highest BCUT2D eigenvalue weighted by Gasteiger charge is 2.20. The van der Waals surface area contributed by atoms with E-state index in [1.807, 2.05) is 18.2 Å². The minimum atomic E-state index is -1.28. The summed E-state index contributed by atoms with van der Waals surface area (Å²) in [5, 5.41) is 25.6. The number of aromatic nitrogens is 3. The average Bonchev–Trinajstić information content (AvgIpc) is 3.05. The zero-order valence-corrected chi connectivity index (χ0v) is 14.5. The number of anilines is 1. The van der Waals surface area contributed by atoms with E-state index in [1.165, 1.54) is 29.2 Å². The number of nitrogens with one attached hydrogen (secondary N) is 1. The smallest absolute Gasteiger partial charge is 0.338 e. The minimum Gasteiger partial charge on any atom is -0.478 e. The van der Waals surface area contributed by atoms with Crippen LogP contribution in [-0.2, 0) is 6.54 Å². The Kier molecular flexibility index (Phi) is 5.15. The predicted molar refractivity (Wildman–Crippen MR) is 96.6 cm³/mol. The van der Waals surface area contributed by atoms with E-state index in [2.05, 4.69) is 15.4 Å². The molecule has 8 nitrogen and oxygen atoms in total. The molecule has 9 heteroatoms. The number of carbonyl (C=O) groups excluding carboxylic acids is 1. The predicted octanol–water partition coefficient (Wildman–Crippen LogP) is 2.80. The summed E-state index contributed by atoms with van der Waals surface area (Å²) in [7, 11) is 0. The Hall–Kier alpha value is -3.70. The van der Waals surface area contributed by atoms with Gasteiger partial charge in [-0.2, -0.15) is 10.4 Å². The van der Waals surface area contributed by atoms with E-state index < -0.39 is 11.9 Å². The van der Waals surface area contributed by atoms with Crippen LogP contribution in [0.3, 0.4) is 0 Å². The SMILES string of the molecule is N#Cc1cn(Cc2ccccc2Cl)nc1NC(=O)c1ncccc1C(=O)O. The molecule has 2 aromatic heterocycles. The monoisotopic (exact) mass is 381 g/mol. The third-order valence-electron chi connectivity index (χ3n) is 3.66. The number of benzene rings is 1. The Morgan fingerprint density at radius 3 is 2.74 bits per heavy atom. The lowest BCUT2D eigenvalue weighted by atomic mass is 10.2. The Bertz CT molecular complexity index is 1070. The third-order valence-corrected chi connectivity index (χ3v) is 4.03. The number of pyridine rings is 1. The van der Waals surface area contributed by atoms with Crippen molar-refractivity contribution in [3.63, 3.8) is 0 Å². The maximum absolute atomic E-state index is 12.4. The second-order valence-electron chi connectivity index (χ2n) is 5.45. The van der Waals surface area contributed by atoms with Crippen LogP contribution in [0, 0.1) is 11.3 Å². The van der Waals surface area contributed by atoms with Crippen LogP contribution in [-0.4, -0.2) is 31.7 Å². The number of nitrogens with zero attached hydrogens (tertiary/aromatic N) is 4. The van der Waals surface area contributed by atoms with E-state index in [1.54, 1.807) is 12.1 Å². The zero-order chi connectivity index (χ0) is 19.4. The Balaban J connectivity index is 1.87. The number of amides is 1. The van der Waals surface area contributed by atoms with Gasteiger partial charge in [-0.05, 0) is 23.8 Å². The van der Waals surface area contributed by atoms with Crippen molar-refractivity contribution in [1.82, 2.24) is 14.8 Å². The number of aromatic carboxylic acids is 1. The van der Waals surface area contributed by atoms with Crippen molar-refractivity contribution in [1.29, 1.82) is 5.26 Å². The fraction of sp³-hybridized carbons (Fsp3) is 0.0556. The van der Waals surface area contributed by atoms with E-state index >= 15 is 0 Å². The summed E-state index contributed by atoms with van der Waals surface area (Å²) in [5.41, 5.74) is 0.406. The molecule has 0 fully saturated rings. The maximum Gasteiger partial charge on any atom is 0.338 e. The van der Waals surface area contributed by atoms with Gasteiger partial charge < -0.3 is 10.4 Å². The molecular formula is C18H12ClN5O3. The van der Waals surface area contributed by atoms with Gasteiger partial charge in [0, 0.05) is 17.4 Å². The fourth-order valence-electron chi connectivity index (χ4n) is 2.40. The number of carboxylic acids is 1. The molecule has 2 N–H and O–H groups in total. The van der Waals surface area contributed by atoms with Gasteiger partial charge in [0.05, 0.1) is 12.1 Å². The molecule has 0 spiro atoms. The van der Waals surface area contributed by atoms with Gasteiger partial charge in [0.25, 0.3) is 5.91 Å². The van der Waals surface area contributed by atoms with Crippen LogP contribution < -0.4 is 5.32 Å². The van der Waals surface area contributed by atoms with Crippen molar-refractivity contribution in [3.8, 4) is 6.07 Å². The largest absolute Gasteiger partial charge is 0.478 e. The molecule has 1 amide bonds. The molecule has 0 aliphatic carbocycles. The second kappa shape index (κ2) is 7.68. The van der Waals surface area contributed by atoms with Crippen LogP contribution in [0.1, 0.15) is 32.0 Å². The topological polar surface area (TPSA) is 121 Å². The molecule has 0 unspecified atom stereocenters. The van der Waals surface area contributed by atoms with E-state index in [9.17, 15) is 20.0 Å². The van der Waals surface area contributed by atoms with Crippen LogP contribution in [0.25, 0.3) is 0 Å². The molecule has 0 saturated carbocycles. The summed E-state index contributed by atoms with van der Waals surface area (Å²) in [6, 6.07) is 11.8. The summed E-state index contributed by atoms with van der Waals surface area (Å²) in [4.78, 5) is 27.5. The van der Waals surface area contributed by atoms with Crippen molar-refractivity contribution in [3.05, 3.63) is 76.2 Å². The molecule has 1 aromatic carbocycles. The molecule has 27 heavy (non-hydrogen) atoms. The van der Waals surface area contributed by atoms with Crippen molar-refractivity contribution >= 4 is 29.3 Å². The lowest BCUT2D eigenvalue weighted by Gasteiger charge is -2.05. The van der Waals surface area contributed by atoms with Crippen LogP contribution in [0.4, 0.5) is 5.82 Å². The van der Waals surface area contributed by atoms with Gasteiger partial charge in [0.1, 0.15) is 17.3 Å². The molecule has 134 valence electrons. The van der Waals surface area contributed by atoms with Gasteiger partial charge >= 0.3 is 5.97 Å². The standard InChI is InChI=1S/C18H12ClN5O3/c19-14-6-2-1-4-11(14)9-24-10-12(8-20)16(23-24)22-17(25)15-13(18(26)27)5-3-7-21-15/h1-7,10H,9H2,(H,26,27)(H,22,23,25). The van der Waals surface area contributed by atoms with Crippen LogP contribution in [0.15, 0.2) is 48.8 Å². The summed E-state index contributed by atoms with van der Waals surface area (Å²) in [5.74, 6) is -2.04. The highest BCUT2D eigenvalue weighted by atomic mass is 35.5. The molecule has 0 saturated heterocycles. The molecular weight excluding hydrogens is 370 g/mol. The lowest BCUT2D eigenvalue weighted by molar-refractivity contribution is 0.0691. The molecule has 0 aliphatic heterocycles. The van der Waals surface area contributed by atoms with Crippen LogP contribution in [0.2, 0.25) is 5.02 Å². The minimum absolute atomic E-state index is 0.0107. The first-order valence-corrected chi connectivity index (χ1v) is 8.08. The molecule has 0 atom stereocenters. The number of carbonyl (C=O) groups is 2. The Labute approximate surface area is 158 Å². The number of nitriles is 1. The van der Waals surface area contributed by atoms with E-state index in [0.29, 0.717) is 11.6 Å². The number of rotatable bonds is 5. The van der Waals surface area contributed by atoms with Gasteiger partial charge in [-0.25, -0.2) is 4.79 Å². The first kappa shape index (κ1) is 18.1. The van der Waals surface area contributed by atoms with Gasteiger partial charge in [0.2, 0.25) is 0 Å². The highest BCUT2D eigenvalue weighted by molar-refractivity contribution is 6.31. The van der Waals surface area contributed by atoms with Crippen molar-refractivity contribution in [2.45, 2.75) is 6.54 Å². The molecule has 0 aliphatic rings. The van der Waals surface area contributed by atoms with Crippen LogP contribution >= 0.6 is 11.6 Å². The molecule has 3 aromatic rings. The molecule has 3 rings (SSSR count). The second-order valence-corrected chi connectivity index (χ2v) is 5.86. The summed E-state index contributed by atoms with van der Waals surface area (Å²) in [6.07, 6.45) is 2.78. The van der Waals surface area contributed by atoms with E-state index in [-0.39, 0.29) is 22.6 Å².